The summed E-state index contributed by atoms with van der Waals surface area (Å²) in [5, 5.41) is 3.28. The van der Waals surface area contributed by atoms with E-state index in [1.165, 1.54) is 7.11 Å². The number of anilines is 1. The molecule has 0 saturated carbocycles. The van der Waals surface area contributed by atoms with Crippen LogP contribution < -0.4 is 10.1 Å². The van der Waals surface area contributed by atoms with Gasteiger partial charge in [0.1, 0.15) is 5.75 Å². The van der Waals surface area contributed by atoms with Crippen molar-refractivity contribution in [1.82, 2.24) is 0 Å². The Morgan fingerprint density at radius 2 is 1.87 bits per heavy atom. The smallest absolute Gasteiger partial charge is 0.260 e. The molecule has 1 aromatic carbocycles. The summed E-state index contributed by atoms with van der Waals surface area (Å²) in [5.74, 6) is 0.846. The van der Waals surface area contributed by atoms with Gasteiger partial charge >= 0.3 is 0 Å². The SMILES string of the molecule is COC(=S)Nc1ccc(OC(C)C)cc1. The molecule has 0 aliphatic heterocycles. The third-order valence-corrected chi connectivity index (χ3v) is 1.93. The van der Waals surface area contributed by atoms with E-state index in [9.17, 15) is 0 Å². The van der Waals surface area contributed by atoms with Gasteiger partial charge in [0, 0.05) is 5.69 Å². The van der Waals surface area contributed by atoms with E-state index >= 15 is 0 Å². The molecule has 1 N–H and O–H groups in total. The molecule has 1 rings (SSSR count). The van der Waals surface area contributed by atoms with E-state index < -0.39 is 0 Å². The minimum atomic E-state index is 0.184. The number of hydrogen-bond donors (Lipinski definition) is 1. The Balaban J connectivity index is 2.60. The van der Waals surface area contributed by atoms with Crippen molar-refractivity contribution in [2.75, 3.05) is 12.4 Å². The Hall–Kier alpha value is -1.29. The number of thiocarbonyl (C=S) groups is 1. The van der Waals surface area contributed by atoms with Crippen LogP contribution >= 0.6 is 12.2 Å². The van der Waals surface area contributed by atoms with E-state index in [-0.39, 0.29) is 6.10 Å². The molecule has 0 aromatic heterocycles. The van der Waals surface area contributed by atoms with E-state index in [2.05, 4.69) is 5.32 Å². The van der Waals surface area contributed by atoms with Crippen LogP contribution in [0.1, 0.15) is 13.8 Å². The molecule has 0 atom stereocenters. The lowest BCUT2D eigenvalue weighted by Crippen LogP contribution is -2.10. The number of hydrogen-bond acceptors (Lipinski definition) is 3. The first-order chi connectivity index (χ1) is 7.11. The fourth-order valence-corrected chi connectivity index (χ4v) is 1.18. The molecule has 0 unspecified atom stereocenters. The molecule has 0 bridgehead atoms. The number of rotatable bonds is 3. The Labute approximate surface area is 95.4 Å². The summed E-state index contributed by atoms with van der Waals surface area (Å²) in [6.45, 7) is 3.98. The second-order valence-corrected chi connectivity index (χ2v) is 3.68. The van der Waals surface area contributed by atoms with Crippen LogP contribution in [0.5, 0.6) is 5.75 Å². The minimum Gasteiger partial charge on any atom is -0.491 e. The molecule has 1 aromatic rings. The van der Waals surface area contributed by atoms with Gasteiger partial charge in [-0.05, 0) is 50.3 Å². The summed E-state index contributed by atoms with van der Waals surface area (Å²) in [6, 6.07) is 7.56. The van der Waals surface area contributed by atoms with Gasteiger partial charge in [-0.1, -0.05) is 0 Å². The molecule has 0 heterocycles. The second kappa shape index (κ2) is 5.56. The van der Waals surface area contributed by atoms with Crippen LogP contribution in [0.15, 0.2) is 24.3 Å². The van der Waals surface area contributed by atoms with Crippen molar-refractivity contribution in [3.8, 4) is 5.75 Å². The molecule has 0 radical (unpaired) electrons. The van der Waals surface area contributed by atoms with Crippen molar-refractivity contribution in [3.63, 3.8) is 0 Å². The molecule has 0 aliphatic carbocycles. The molecular weight excluding hydrogens is 210 g/mol. The molecule has 0 aliphatic rings. The van der Waals surface area contributed by atoms with E-state index in [4.69, 9.17) is 21.7 Å². The zero-order valence-electron chi connectivity index (χ0n) is 9.11. The predicted molar refractivity (Wildman–Crippen MR) is 65.4 cm³/mol. The fraction of sp³-hybridized carbons (Fsp3) is 0.364. The molecule has 0 fully saturated rings. The summed E-state index contributed by atoms with van der Waals surface area (Å²) >= 11 is 4.88. The first-order valence-electron chi connectivity index (χ1n) is 4.73. The Bertz CT molecular complexity index is 322. The zero-order valence-corrected chi connectivity index (χ0v) is 9.93. The Morgan fingerprint density at radius 3 is 2.33 bits per heavy atom. The molecule has 0 amide bonds. The highest BCUT2D eigenvalue weighted by Crippen LogP contribution is 2.16. The average Bonchev–Trinajstić information content (AvgIpc) is 2.20. The van der Waals surface area contributed by atoms with Gasteiger partial charge in [-0.3, -0.25) is 0 Å². The highest BCUT2D eigenvalue weighted by molar-refractivity contribution is 7.80. The quantitative estimate of drug-likeness (QED) is 0.801. The van der Waals surface area contributed by atoms with Gasteiger partial charge in [0.2, 0.25) is 0 Å². The Morgan fingerprint density at radius 1 is 1.27 bits per heavy atom. The van der Waals surface area contributed by atoms with Crippen LogP contribution in [0.2, 0.25) is 0 Å². The zero-order chi connectivity index (χ0) is 11.3. The topological polar surface area (TPSA) is 30.5 Å². The highest BCUT2D eigenvalue weighted by atomic mass is 32.1. The second-order valence-electron chi connectivity index (χ2n) is 3.31. The van der Waals surface area contributed by atoms with Crippen molar-refractivity contribution in [1.29, 1.82) is 0 Å². The van der Waals surface area contributed by atoms with E-state index in [1.54, 1.807) is 0 Å². The van der Waals surface area contributed by atoms with E-state index in [0.717, 1.165) is 11.4 Å². The van der Waals surface area contributed by atoms with Crippen molar-refractivity contribution < 1.29 is 9.47 Å². The Kier molecular flexibility index (Phi) is 4.37. The van der Waals surface area contributed by atoms with E-state index in [1.807, 2.05) is 38.1 Å². The summed E-state index contributed by atoms with van der Waals surface area (Å²) < 4.78 is 10.3. The maximum atomic E-state index is 5.51. The highest BCUT2D eigenvalue weighted by Gasteiger charge is 1.99. The van der Waals surface area contributed by atoms with Gasteiger partial charge in [-0.2, -0.15) is 0 Å². The number of ether oxygens (including phenoxy) is 2. The monoisotopic (exact) mass is 225 g/mol. The van der Waals surface area contributed by atoms with Gasteiger partial charge in [0.15, 0.2) is 0 Å². The number of benzene rings is 1. The lowest BCUT2D eigenvalue weighted by Gasteiger charge is -2.10. The van der Waals surface area contributed by atoms with Crippen LogP contribution in [-0.4, -0.2) is 18.4 Å². The largest absolute Gasteiger partial charge is 0.491 e. The van der Waals surface area contributed by atoms with Gasteiger partial charge in [-0.15, -0.1) is 0 Å². The average molecular weight is 225 g/mol. The van der Waals surface area contributed by atoms with Crippen LogP contribution in [0.3, 0.4) is 0 Å². The molecule has 0 saturated heterocycles. The summed E-state index contributed by atoms with van der Waals surface area (Å²) in [5.41, 5.74) is 0.887. The lowest BCUT2D eigenvalue weighted by molar-refractivity contribution is 0.242. The molecule has 0 spiro atoms. The van der Waals surface area contributed by atoms with Gasteiger partial charge < -0.3 is 14.8 Å². The maximum Gasteiger partial charge on any atom is 0.260 e. The van der Waals surface area contributed by atoms with Gasteiger partial charge in [0.05, 0.1) is 13.2 Å². The third-order valence-electron chi connectivity index (χ3n) is 1.66. The lowest BCUT2D eigenvalue weighted by atomic mass is 10.3. The first-order valence-corrected chi connectivity index (χ1v) is 5.14. The molecule has 3 nitrogen and oxygen atoms in total. The molecule has 82 valence electrons. The van der Waals surface area contributed by atoms with Gasteiger partial charge in [0.25, 0.3) is 5.17 Å². The molecule has 4 heteroatoms. The maximum absolute atomic E-state index is 5.51. The van der Waals surface area contributed by atoms with Crippen molar-refractivity contribution in [2.45, 2.75) is 20.0 Å². The summed E-state index contributed by atoms with van der Waals surface area (Å²) in [7, 11) is 1.53. The normalized spacial score (nSPS) is 9.87. The molecule has 15 heavy (non-hydrogen) atoms. The van der Waals surface area contributed by atoms with Crippen LogP contribution in [0.25, 0.3) is 0 Å². The number of nitrogens with one attached hydrogen (secondary N) is 1. The fourth-order valence-electron chi connectivity index (χ4n) is 1.06. The van der Waals surface area contributed by atoms with Crippen LogP contribution in [-0.2, 0) is 4.74 Å². The third kappa shape index (κ3) is 4.16. The molecular formula is C11H15NO2S. The van der Waals surface area contributed by atoms with Crippen molar-refractivity contribution in [2.24, 2.45) is 0 Å². The van der Waals surface area contributed by atoms with Gasteiger partial charge in [-0.25, -0.2) is 0 Å². The van der Waals surface area contributed by atoms with Crippen molar-refractivity contribution in [3.05, 3.63) is 24.3 Å². The number of methoxy groups -OCH3 is 1. The summed E-state index contributed by atoms with van der Waals surface area (Å²) in [6.07, 6.45) is 0.184. The van der Waals surface area contributed by atoms with Crippen molar-refractivity contribution >= 4 is 23.1 Å². The standard InChI is InChI=1S/C11H15NO2S/c1-8(2)14-10-6-4-9(5-7-10)12-11(15)13-3/h4-8H,1-3H3,(H,12,15). The first kappa shape index (κ1) is 11.8. The van der Waals surface area contributed by atoms with Crippen LogP contribution in [0.4, 0.5) is 5.69 Å². The minimum absolute atomic E-state index is 0.184. The predicted octanol–water partition coefficient (Wildman–Crippen LogP) is 2.82. The summed E-state index contributed by atoms with van der Waals surface area (Å²) in [4.78, 5) is 0. The van der Waals surface area contributed by atoms with Crippen LogP contribution in [0, 0.1) is 0 Å². The van der Waals surface area contributed by atoms with E-state index in [0.29, 0.717) is 5.17 Å².